The Morgan fingerprint density at radius 3 is 2.65 bits per heavy atom. The van der Waals surface area contributed by atoms with Crippen LogP contribution in [0, 0.1) is 39.9 Å². The summed E-state index contributed by atoms with van der Waals surface area (Å²) in [4.78, 5) is 11.3. The van der Waals surface area contributed by atoms with Crippen LogP contribution >= 0.6 is 0 Å². The Labute approximate surface area is 156 Å². The fourth-order valence-corrected chi connectivity index (χ4v) is 7.16. The summed E-state index contributed by atoms with van der Waals surface area (Å²) in [5.74, 6) is 1.45. The van der Waals surface area contributed by atoms with Gasteiger partial charge in [0, 0.05) is 18.8 Å². The van der Waals surface area contributed by atoms with Gasteiger partial charge in [-0.15, -0.1) is 0 Å². The SMILES string of the molecule is CC(=O)O[C@@H]1CC[C@@]2(C)C(=CC[C@@H]3[C@@H]2CC[C@@]2(C)[C@H]3CC[C@@]2(O)C#N)C1. The van der Waals surface area contributed by atoms with E-state index in [1.165, 1.54) is 12.5 Å². The summed E-state index contributed by atoms with van der Waals surface area (Å²) in [7, 11) is 0. The zero-order chi connectivity index (χ0) is 18.7. The number of fused-ring (bicyclic) bond motifs is 5. The van der Waals surface area contributed by atoms with Crippen LogP contribution < -0.4 is 0 Å². The Morgan fingerprint density at radius 1 is 1.23 bits per heavy atom. The van der Waals surface area contributed by atoms with Gasteiger partial charge < -0.3 is 9.84 Å². The van der Waals surface area contributed by atoms with E-state index in [0.717, 1.165) is 44.9 Å². The molecule has 4 rings (SSSR count). The monoisotopic (exact) mass is 357 g/mol. The molecule has 0 unspecified atom stereocenters. The van der Waals surface area contributed by atoms with Gasteiger partial charge in [0.1, 0.15) is 6.10 Å². The lowest BCUT2D eigenvalue weighted by Gasteiger charge is -2.58. The molecule has 3 fully saturated rings. The smallest absolute Gasteiger partial charge is 0.302 e. The van der Waals surface area contributed by atoms with Crippen LogP contribution in [-0.4, -0.2) is 22.8 Å². The highest BCUT2D eigenvalue weighted by atomic mass is 16.5. The van der Waals surface area contributed by atoms with Crippen LogP contribution in [0.15, 0.2) is 11.6 Å². The van der Waals surface area contributed by atoms with Crippen molar-refractivity contribution in [2.45, 2.75) is 83.8 Å². The van der Waals surface area contributed by atoms with Crippen LogP contribution in [0.25, 0.3) is 0 Å². The van der Waals surface area contributed by atoms with Crippen molar-refractivity contribution in [2.75, 3.05) is 0 Å². The maximum atomic E-state index is 11.3. The lowest BCUT2D eigenvalue weighted by molar-refractivity contribution is -0.149. The number of carbonyl (C=O) groups excluding carboxylic acids is 1. The van der Waals surface area contributed by atoms with E-state index >= 15 is 0 Å². The standard InChI is InChI=1S/C22H31NO3/c1-14(24)26-16-6-9-20(2)15(12-16)4-5-17-18(20)7-10-21(3)19(17)8-11-22(21,25)13-23/h4,16-19,25H,5-12H2,1-3H3/t16-,17-,18+,19+,20+,21+,22-/m1/s1. The zero-order valence-electron chi connectivity index (χ0n) is 16.3. The molecule has 1 N–H and O–H groups in total. The predicted molar refractivity (Wildman–Crippen MR) is 97.8 cm³/mol. The zero-order valence-corrected chi connectivity index (χ0v) is 16.3. The molecule has 4 aliphatic rings. The van der Waals surface area contributed by atoms with Gasteiger partial charge in [-0.1, -0.05) is 25.5 Å². The molecule has 26 heavy (non-hydrogen) atoms. The Bertz CT molecular complexity index is 694. The minimum Gasteiger partial charge on any atom is -0.462 e. The molecule has 0 aromatic heterocycles. The summed E-state index contributed by atoms with van der Waals surface area (Å²) in [6, 6.07) is 2.26. The average Bonchev–Trinajstić information content (AvgIpc) is 2.87. The molecule has 0 aromatic carbocycles. The molecule has 4 aliphatic carbocycles. The number of aliphatic hydroxyl groups is 1. The maximum Gasteiger partial charge on any atom is 0.302 e. The highest BCUT2D eigenvalue weighted by Gasteiger charge is 2.64. The quantitative estimate of drug-likeness (QED) is 0.435. The van der Waals surface area contributed by atoms with Gasteiger partial charge in [-0.05, 0) is 68.1 Å². The number of ether oxygens (including phenoxy) is 1. The van der Waals surface area contributed by atoms with Gasteiger partial charge in [0.15, 0.2) is 5.60 Å². The second-order valence-corrected chi connectivity index (χ2v) is 9.70. The first-order valence-corrected chi connectivity index (χ1v) is 10.2. The highest BCUT2D eigenvalue weighted by molar-refractivity contribution is 5.66. The van der Waals surface area contributed by atoms with Crippen LogP contribution in [0.2, 0.25) is 0 Å². The van der Waals surface area contributed by atoms with Crippen molar-refractivity contribution in [1.29, 1.82) is 5.26 Å². The Kier molecular flexibility index (Phi) is 4.04. The fraction of sp³-hybridized carbons (Fsp3) is 0.818. The first-order chi connectivity index (χ1) is 12.2. The molecule has 4 heteroatoms. The topological polar surface area (TPSA) is 70.3 Å². The van der Waals surface area contributed by atoms with Gasteiger partial charge in [-0.3, -0.25) is 4.79 Å². The molecule has 0 heterocycles. The number of esters is 1. The number of hydrogen-bond donors (Lipinski definition) is 1. The first kappa shape index (κ1) is 18.0. The van der Waals surface area contributed by atoms with E-state index in [-0.39, 0.29) is 22.9 Å². The van der Waals surface area contributed by atoms with Gasteiger partial charge in [-0.25, -0.2) is 0 Å². The summed E-state index contributed by atoms with van der Waals surface area (Å²) < 4.78 is 5.50. The van der Waals surface area contributed by atoms with Gasteiger partial charge in [0.25, 0.3) is 0 Å². The van der Waals surface area contributed by atoms with Crippen LogP contribution in [0.4, 0.5) is 0 Å². The van der Waals surface area contributed by atoms with Crippen LogP contribution in [-0.2, 0) is 9.53 Å². The molecule has 0 saturated heterocycles. The molecule has 0 aliphatic heterocycles. The largest absolute Gasteiger partial charge is 0.462 e. The van der Waals surface area contributed by atoms with E-state index in [1.807, 2.05) is 0 Å². The summed E-state index contributed by atoms with van der Waals surface area (Å²) in [6.45, 7) is 6.06. The van der Waals surface area contributed by atoms with Crippen LogP contribution in [0.5, 0.6) is 0 Å². The molecule has 0 bridgehead atoms. The molecule has 3 saturated carbocycles. The Hall–Kier alpha value is -1.34. The number of allylic oxidation sites excluding steroid dienone is 1. The molecule has 142 valence electrons. The van der Waals surface area contributed by atoms with E-state index < -0.39 is 5.60 Å². The number of carbonyl (C=O) groups is 1. The van der Waals surface area contributed by atoms with E-state index in [0.29, 0.717) is 24.2 Å². The lowest BCUT2D eigenvalue weighted by atomic mass is 9.47. The van der Waals surface area contributed by atoms with Crippen LogP contribution in [0.3, 0.4) is 0 Å². The summed E-state index contributed by atoms with van der Waals surface area (Å²) >= 11 is 0. The van der Waals surface area contributed by atoms with Gasteiger partial charge >= 0.3 is 5.97 Å². The third-order valence-electron chi connectivity index (χ3n) is 8.73. The van der Waals surface area contributed by atoms with E-state index in [9.17, 15) is 15.2 Å². The van der Waals surface area contributed by atoms with Crippen molar-refractivity contribution in [3.8, 4) is 6.07 Å². The van der Waals surface area contributed by atoms with Gasteiger partial charge in [-0.2, -0.15) is 5.26 Å². The Balaban J connectivity index is 1.61. The minimum atomic E-state index is -1.15. The minimum absolute atomic E-state index is 0.0346. The second kappa shape index (κ2) is 5.83. The van der Waals surface area contributed by atoms with E-state index in [4.69, 9.17) is 4.74 Å². The van der Waals surface area contributed by atoms with Crippen molar-refractivity contribution < 1.29 is 14.6 Å². The summed E-state index contributed by atoms with van der Waals surface area (Å²) in [5.41, 5.74) is 0.252. The van der Waals surface area contributed by atoms with Crippen molar-refractivity contribution in [2.24, 2.45) is 28.6 Å². The molecular weight excluding hydrogens is 326 g/mol. The first-order valence-electron chi connectivity index (χ1n) is 10.2. The van der Waals surface area contributed by atoms with Crippen molar-refractivity contribution in [1.82, 2.24) is 0 Å². The third-order valence-corrected chi connectivity index (χ3v) is 8.73. The molecule has 7 atom stereocenters. The van der Waals surface area contributed by atoms with Crippen molar-refractivity contribution in [3.05, 3.63) is 11.6 Å². The van der Waals surface area contributed by atoms with Gasteiger partial charge in [0.05, 0.1) is 6.07 Å². The third kappa shape index (κ3) is 2.32. The normalized spacial score (nSPS) is 49.9. The Morgan fingerprint density at radius 2 is 1.96 bits per heavy atom. The van der Waals surface area contributed by atoms with E-state index in [1.54, 1.807) is 0 Å². The number of rotatable bonds is 1. The van der Waals surface area contributed by atoms with E-state index in [2.05, 4.69) is 26.0 Å². The second-order valence-electron chi connectivity index (χ2n) is 9.70. The average molecular weight is 357 g/mol. The highest BCUT2D eigenvalue weighted by Crippen LogP contribution is 2.67. The summed E-state index contributed by atoms with van der Waals surface area (Å²) in [5, 5.41) is 20.5. The number of nitriles is 1. The molecule has 0 radical (unpaired) electrons. The van der Waals surface area contributed by atoms with Crippen molar-refractivity contribution >= 4 is 5.97 Å². The summed E-state index contributed by atoms with van der Waals surface area (Å²) in [6.07, 6.45) is 10.0. The molecule has 0 aromatic rings. The van der Waals surface area contributed by atoms with Gasteiger partial charge in [0.2, 0.25) is 0 Å². The number of hydrogen-bond acceptors (Lipinski definition) is 4. The maximum absolute atomic E-state index is 11.3. The predicted octanol–water partition coefficient (Wildman–Crippen LogP) is 4.14. The fourth-order valence-electron chi connectivity index (χ4n) is 7.16. The lowest BCUT2D eigenvalue weighted by Crippen LogP contribution is -2.54. The molecular formula is C22H31NO3. The molecule has 4 nitrogen and oxygen atoms in total. The molecule has 0 amide bonds. The molecule has 0 spiro atoms. The number of nitrogens with zero attached hydrogens (tertiary/aromatic N) is 1. The van der Waals surface area contributed by atoms with Crippen molar-refractivity contribution in [3.63, 3.8) is 0 Å². The van der Waals surface area contributed by atoms with Crippen LogP contribution in [0.1, 0.15) is 72.1 Å².